The summed E-state index contributed by atoms with van der Waals surface area (Å²) in [5.74, 6) is 0. The number of nitrogens with zero attached hydrogens (tertiary/aromatic N) is 4. The van der Waals surface area contributed by atoms with Crippen LogP contribution in [0.2, 0.25) is 0 Å². The Morgan fingerprint density at radius 3 is 2.52 bits per heavy atom. The zero-order valence-corrected chi connectivity index (χ0v) is 16.6. The molecule has 0 radical (unpaired) electrons. The predicted molar refractivity (Wildman–Crippen MR) is 122 cm³/mol. The lowest BCUT2D eigenvalue weighted by molar-refractivity contribution is 1.16. The molecule has 2 aliphatic carbocycles. The van der Waals surface area contributed by atoms with Gasteiger partial charge in [0, 0.05) is 46.7 Å². The monoisotopic (exact) mass is 396 g/mol. The molecule has 2 aliphatic rings. The first-order chi connectivity index (χ1) is 15.4. The molecule has 4 heterocycles. The SMILES string of the molecule is c1ccc2c(c1)Cc1ccc3c(c1-2)-c1c(nc2c4ccncc4c4cccnc4n12)C3. The van der Waals surface area contributed by atoms with Crippen molar-refractivity contribution in [3.63, 3.8) is 0 Å². The summed E-state index contributed by atoms with van der Waals surface area (Å²) >= 11 is 0. The average molecular weight is 396 g/mol. The molecule has 0 aliphatic heterocycles. The van der Waals surface area contributed by atoms with Crippen molar-refractivity contribution in [1.29, 1.82) is 0 Å². The van der Waals surface area contributed by atoms with Crippen LogP contribution in [0.15, 0.2) is 73.2 Å². The molecule has 144 valence electrons. The molecule has 4 nitrogen and oxygen atoms in total. The van der Waals surface area contributed by atoms with Gasteiger partial charge in [0.05, 0.1) is 11.4 Å². The number of rotatable bonds is 0. The maximum atomic E-state index is 5.16. The summed E-state index contributed by atoms with van der Waals surface area (Å²) in [5.41, 5.74) is 12.5. The molecular weight excluding hydrogens is 380 g/mol. The van der Waals surface area contributed by atoms with Gasteiger partial charge in [-0.1, -0.05) is 36.4 Å². The number of hydrogen-bond donors (Lipinski definition) is 0. The van der Waals surface area contributed by atoms with Crippen LogP contribution in [0.4, 0.5) is 0 Å². The van der Waals surface area contributed by atoms with Crippen LogP contribution in [0.1, 0.15) is 22.4 Å². The fraction of sp³-hybridized carbons (Fsp3) is 0.0741. The van der Waals surface area contributed by atoms with E-state index in [1.807, 2.05) is 24.7 Å². The van der Waals surface area contributed by atoms with Gasteiger partial charge in [0.1, 0.15) is 11.3 Å². The van der Waals surface area contributed by atoms with E-state index in [9.17, 15) is 0 Å². The van der Waals surface area contributed by atoms with Crippen LogP contribution in [-0.2, 0) is 12.8 Å². The molecular formula is C27H16N4. The fourth-order valence-corrected chi connectivity index (χ4v) is 5.69. The Balaban J connectivity index is 1.59. The number of pyridine rings is 3. The Morgan fingerprint density at radius 2 is 1.55 bits per heavy atom. The zero-order valence-electron chi connectivity index (χ0n) is 16.6. The molecule has 31 heavy (non-hydrogen) atoms. The maximum Gasteiger partial charge on any atom is 0.147 e. The van der Waals surface area contributed by atoms with E-state index in [1.54, 1.807) is 0 Å². The van der Waals surface area contributed by atoms with Crippen molar-refractivity contribution in [2.24, 2.45) is 0 Å². The van der Waals surface area contributed by atoms with Crippen molar-refractivity contribution < 1.29 is 0 Å². The number of benzene rings is 2. The third kappa shape index (κ3) is 1.84. The van der Waals surface area contributed by atoms with Crippen LogP contribution in [-0.4, -0.2) is 19.4 Å². The van der Waals surface area contributed by atoms with Gasteiger partial charge in [-0.25, -0.2) is 9.97 Å². The van der Waals surface area contributed by atoms with E-state index in [2.05, 4.69) is 57.9 Å². The summed E-state index contributed by atoms with van der Waals surface area (Å²) in [7, 11) is 0. The molecule has 0 saturated carbocycles. The van der Waals surface area contributed by atoms with Crippen LogP contribution in [0.5, 0.6) is 0 Å². The average Bonchev–Trinajstić information content (AvgIpc) is 3.48. The van der Waals surface area contributed by atoms with E-state index in [0.717, 1.165) is 46.0 Å². The standard InChI is InChI=1S/C27H16N4/c1-2-5-18-15(4-1)12-16-7-8-17-13-22-25(24(17)23(16)18)31-26-19(6-3-10-29-26)21-14-28-11-9-20(21)27(31)30-22/h1-11,14H,12-13H2. The minimum Gasteiger partial charge on any atom is -0.275 e. The minimum atomic E-state index is 0.864. The molecule has 0 fully saturated rings. The Kier molecular flexibility index (Phi) is 2.72. The first-order valence-electron chi connectivity index (χ1n) is 10.6. The van der Waals surface area contributed by atoms with E-state index >= 15 is 0 Å². The van der Waals surface area contributed by atoms with Crippen molar-refractivity contribution in [1.82, 2.24) is 19.4 Å². The van der Waals surface area contributed by atoms with E-state index in [1.165, 1.54) is 39.1 Å². The molecule has 2 aromatic carbocycles. The van der Waals surface area contributed by atoms with Crippen LogP contribution < -0.4 is 0 Å². The van der Waals surface area contributed by atoms with Crippen LogP contribution in [0, 0.1) is 0 Å². The van der Waals surface area contributed by atoms with Crippen LogP contribution in [0.3, 0.4) is 0 Å². The molecule has 0 amide bonds. The molecule has 0 bridgehead atoms. The Hall–Kier alpha value is -4.05. The summed E-state index contributed by atoms with van der Waals surface area (Å²) in [6, 6.07) is 19.6. The quantitative estimate of drug-likeness (QED) is 0.315. The third-order valence-corrected chi connectivity index (χ3v) is 6.94. The van der Waals surface area contributed by atoms with Crippen molar-refractivity contribution >= 4 is 27.5 Å². The van der Waals surface area contributed by atoms with Gasteiger partial charge in [0.2, 0.25) is 0 Å². The third-order valence-electron chi connectivity index (χ3n) is 6.94. The van der Waals surface area contributed by atoms with E-state index < -0.39 is 0 Å². The number of imidazole rings is 1. The van der Waals surface area contributed by atoms with Gasteiger partial charge in [0.15, 0.2) is 0 Å². The lowest BCUT2D eigenvalue weighted by Gasteiger charge is -2.13. The fourth-order valence-electron chi connectivity index (χ4n) is 5.69. The number of hydrogen-bond acceptors (Lipinski definition) is 3. The smallest absolute Gasteiger partial charge is 0.147 e. The molecule has 6 aromatic rings. The van der Waals surface area contributed by atoms with Crippen molar-refractivity contribution in [3.8, 4) is 22.4 Å². The predicted octanol–water partition coefficient (Wildman–Crippen LogP) is 5.57. The Bertz CT molecular complexity index is 1740. The van der Waals surface area contributed by atoms with Gasteiger partial charge < -0.3 is 0 Å². The first-order valence-corrected chi connectivity index (χ1v) is 10.6. The van der Waals surface area contributed by atoms with E-state index in [-0.39, 0.29) is 0 Å². The molecule has 8 rings (SSSR count). The highest BCUT2D eigenvalue weighted by atomic mass is 15.1. The molecule has 0 atom stereocenters. The molecule has 0 spiro atoms. The second-order valence-corrected chi connectivity index (χ2v) is 8.51. The Labute approximate surface area is 177 Å². The van der Waals surface area contributed by atoms with Crippen molar-refractivity contribution in [2.45, 2.75) is 12.8 Å². The van der Waals surface area contributed by atoms with Gasteiger partial charge in [-0.3, -0.25) is 9.38 Å². The largest absolute Gasteiger partial charge is 0.275 e. The lowest BCUT2D eigenvalue weighted by Crippen LogP contribution is -1.97. The normalized spacial score (nSPS) is 13.5. The van der Waals surface area contributed by atoms with Gasteiger partial charge >= 0.3 is 0 Å². The highest BCUT2D eigenvalue weighted by Gasteiger charge is 2.33. The van der Waals surface area contributed by atoms with Crippen molar-refractivity contribution in [2.75, 3.05) is 0 Å². The van der Waals surface area contributed by atoms with Gasteiger partial charge in [-0.15, -0.1) is 0 Å². The zero-order chi connectivity index (χ0) is 20.1. The van der Waals surface area contributed by atoms with E-state index in [4.69, 9.17) is 9.97 Å². The Morgan fingerprint density at radius 1 is 0.677 bits per heavy atom. The van der Waals surface area contributed by atoms with Gasteiger partial charge in [-0.2, -0.15) is 0 Å². The lowest BCUT2D eigenvalue weighted by atomic mass is 9.96. The molecule has 0 saturated heterocycles. The summed E-state index contributed by atoms with van der Waals surface area (Å²) < 4.78 is 2.29. The molecule has 0 N–H and O–H groups in total. The minimum absolute atomic E-state index is 0.864. The topological polar surface area (TPSA) is 43.1 Å². The maximum absolute atomic E-state index is 5.16. The molecule has 4 aromatic heterocycles. The first kappa shape index (κ1) is 15.7. The number of fused-ring (bicyclic) bond motifs is 14. The summed E-state index contributed by atoms with van der Waals surface area (Å²) in [6.45, 7) is 0. The second-order valence-electron chi connectivity index (χ2n) is 8.51. The summed E-state index contributed by atoms with van der Waals surface area (Å²) in [6.07, 6.45) is 7.52. The number of aromatic nitrogens is 4. The second kappa shape index (κ2) is 5.35. The van der Waals surface area contributed by atoms with Crippen molar-refractivity contribution in [3.05, 3.63) is 95.6 Å². The summed E-state index contributed by atoms with van der Waals surface area (Å²) in [5, 5.41) is 3.34. The highest BCUT2D eigenvalue weighted by molar-refractivity contribution is 6.11. The van der Waals surface area contributed by atoms with Gasteiger partial charge in [-0.05, 0) is 52.4 Å². The molecule has 0 unspecified atom stereocenters. The van der Waals surface area contributed by atoms with Crippen LogP contribution >= 0.6 is 0 Å². The van der Waals surface area contributed by atoms with Crippen LogP contribution in [0.25, 0.3) is 49.8 Å². The van der Waals surface area contributed by atoms with E-state index in [0.29, 0.717) is 0 Å². The summed E-state index contributed by atoms with van der Waals surface area (Å²) in [4.78, 5) is 14.4. The van der Waals surface area contributed by atoms with Gasteiger partial charge in [0.25, 0.3) is 0 Å². The highest BCUT2D eigenvalue weighted by Crippen LogP contribution is 2.49. The molecule has 4 heteroatoms.